The molecule has 27 heavy (non-hydrogen) atoms. The molecule has 142 valence electrons. The molecule has 0 aliphatic carbocycles. The third-order valence-electron chi connectivity index (χ3n) is 3.59. The number of amides is 1. The summed E-state index contributed by atoms with van der Waals surface area (Å²) in [6.07, 6.45) is -1.41. The van der Waals surface area contributed by atoms with Gasteiger partial charge in [0.15, 0.2) is 18.1 Å². The van der Waals surface area contributed by atoms with Crippen molar-refractivity contribution in [1.29, 1.82) is 0 Å². The Labute approximate surface area is 153 Å². The van der Waals surface area contributed by atoms with Crippen LogP contribution in [0.25, 0.3) is 6.08 Å². The van der Waals surface area contributed by atoms with E-state index < -0.39 is 12.8 Å². The van der Waals surface area contributed by atoms with Crippen LogP contribution < -0.4 is 19.5 Å². The van der Waals surface area contributed by atoms with Crippen LogP contribution in [0.5, 0.6) is 17.2 Å². The number of hydrogen-bond acceptors (Lipinski definition) is 4. The lowest BCUT2D eigenvalue weighted by molar-refractivity contribution is -0.153. The molecule has 1 aliphatic rings. The van der Waals surface area contributed by atoms with Crippen molar-refractivity contribution in [2.45, 2.75) is 12.7 Å². The number of alkyl halides is 3. The Kier molecular flexibility index (Phi) is 5.54. The maximum atomic E-state index is 12.2. The zero-order valence-electron chi connectivity index (χ0n) is 14.1. The first-order valence-corrected chi connectivity index (χ1v) is 8.03. The van der Waals surface area contributed by atoms with E-state index in [2.05, 4.69) is 10.1 Å². The summed E-state index contributed by atoms with van der Waals surface area (Å²) in [5.74, 6) is 1.03. The fourth-order valence-corrected chi connectivity index (χ4v) is 2.35. The molecule has 0 bridgehead atoms. The first-order valence-electron chi connectivity index (χ1n) is 8.03. The van der Waals surface area contributed by atoms with Gasteiger partial charge in [-0.1, -0.05) is 18.2 Å². The van der Waals surface area contributed by atoms with E-state index in [0.717, 1.165) is 5.56 Å². The van der Waals surface area contributed by atoms with Gasteiger partial charge in [0.25, 0.3) is 0 Å². The maximum Gasteiger partial charge on any atom is 0.422 e. The third kappa shape index (κ3) is 5.67. The molecule has 0 radical (unpaired) electrons. The minimum atomic E-state index is -4.40. The van der Waals surface area contributed by atoms with Crippen LogP contribution >= 0.6 is 0 Å². The summed E-state index contributed by atoms with van der Waals surface area (Å²) in [7, 11) is 0. The van der Waals surface area contributed by atoms with Crippen molar-refractivity contribution in [1.82, 2.24) is 5.32 Å². The first-order chi connectivity index (χ1) is 12.9. The van der Waals surface area contributed by atoms with E-state index in [9.17, 15) is 18.0 Å². The lowest BCUT2D eigenvalue weighted by atomic mass is 10.2. The Bertz CT molecular complexity index is 849. The molecular weight excluding hydrogens is 363 g/mol. The van der Waals surface area contributed by atoms with Crippen LogP contribution in [0.4, 0.5) is 13.2 Å². The Hall–Kier alpha value is -3.16. The molecule has 0 fully saturated rings. The Balaban J connectivity index is 1.51. The number of rotatable bonds is 6. The standard InChI is InChI=1S/C19H16F3NO4/c20-19(21,22)11-25-15-3-1-2-14(8-15)10-23-18(24)7-5-13-4-6-16-17(9-13)27-12-26-16/h1-9H,10-12H2,(H,23,24). The number of ether oxygens (including phenoxy) is 3. The van der Waals surface area contributed by atoms with Crippen molar-refractivity contribution in [2.75, 3.05) is 13.4 Å². The van der Waals surface area contributed by atoms with E-state index in [-0.39, 0.29) is 25.0 Å². The van der Waals surface area contributed by atoms with Gasteiger partial charge in [0.1, 0.15) is 5.75 Å². The Morgan fingerprint density at radius 3 is 2.78 bits per heavy atom. The third-order valence-corrected chi connectivity index (χ3v) is 3.59. The smallest absolute Gasteiger partial charge is 0.422 e. The summed E-state index contributed by atoms with van der Waals surface area (Å²) in [5.41, 5.74) is 1.40. The lowest BCUT2D eigenvalue weighted by Gasteiger charge is -2.10. The molecular formula is C19H16F3NO4. The van der Waals surface area contributed by atoms with Gasteiger partial charge in [-0.3, -0.25) is 4.79 Å². The normalized spacial score (nSPS) is 13.0. The summed E-state index contributed by atoms with van der Waals surface area (Å²) < 4.78 is 51.7. The van der Waals surface area contributed by atoms with E-state index in [1.807, 2.05) is 0 Å². The van der Waals surface area contributed by atoms with Gasteiger partial charge in [-0.15, -0.1) is 0 Å². The minimum Gasteiger partial charge on any atom is -0.484 e. The van der Waals surface area contributed by atoms with Crippen molar-refractivity contribution in [3.05, 3.63) is 59.7 Å². The van der Waals surface area contributed by atoms with Gasteiger partial charge >= 0.3 is 6.18 Å². The van der Waals surface area contributed by atoms with Crippen LogP contribution in [-0.2, 0) is 11.3 Å². The highest BCUT2D eigenvalue weighted by Crippen LogP contribution is 2.32. The van der Waals surface area contributed by atoms with Crippen molar-refractivity contribution < 1.29 is 32.2 Å². The van der Waals surface area contributed by atoms with Gasteiger partial charge in [-0.2, -0.15) is 13.2 Å². The summed E-state index contributed by atoms with van der Waals surface area (Å²) in [6.45, 7) is -1.02. The molecule has 0 saturated carbocycles. The topological polar surface area (TPSA) is 56.8 Å². The van der Waals surface area contributed by atoms with Gasteiger partial charge in [0.05, 0.1) is 0 Å². The van der Waals surface area contributed by atoms with Crippen LogP contribution in [0.3, 0.4) is 0 Å². The highest BCUT2D eigenvalue weighted by molar-refractivity contribution is 5.91. The zero-order valence-corrected chi connectivity index (χ0v) is 14.1. The molecule has 0 saturated heterocycles. The predicted octanol–water partition coefficient (Wildman–Crippen LogP) is 3.69. The molecule has 0 atom stereocenters. The second-order valence-corrected chi connectivity index (χ2v) is 5.72. The van der Waals surface area contributed by atoms with Crippen LogP contribution in [0.2, 0.25) is 0 Å². The maximum absolute atomic E-state index is 12.2. The van der Waals surface area contributed by atoms with Crippen LogP contribution in [0.1, 0.15) is 11.1 Å². The summed E-state index contributed by atoms with van der Waals surface area (Å²) in [6, 6.07) is 11.4. The van der Waals surface area contributed by atoms with Crippen LogP contribution in [0.15, 0.2) is 48.5 Å². The molecule has 0 unspecified atom stereocenters. The van der Waals surface area contributed by atoms with E-state index >= 15 is 0 Å². The fourth-order valence-electron chi connectivity index (χ4n) is 2.35. The summed E-state index contributed by atoms with van der Waals surface area (Å²) >= 11 is 0. The largest absolute Gasteiger partial charge is 0.484 e. The number of carbonyl (C=O) groups is 1. The quantitative estimate of drug-likeness (QED) is 0.778. The van der Waals surface area contributed by atoms with Crippen molar-refractivity contribution in [3.8, 4) is 17.2 Å². The van der Waals surface area contributed by atoms with Gasteiger partial charge < -0.3 is 19.5 Å². The van der Waals surface area contributed by atoms with E-state index in [4.69, 9.17) is 9.47 Å². The molecule has 5 nitrogen and oxygen atoms in total. The fraction of sp³-hybridized carbons (Fsp3) is 0.211. The molecule has 1 heterocycles. The number of fused-ring (bicyclic) bond motifs is 1. The van der Waals surface area contributed by atoms with E-state index in [1.165, 1.54) is 18.2 Å². The van der Waals surface area contributed by atoms with Gasteiger partial charge in [-0.05, 0) is 41.5 Å². The molecule has 1 N–H and O–H groups in total. The molecule has 2 aromatic rings. The van der Waals surface area contributed by atoms with Crippen molar-refractivity contribution in [2.24, 2.45) is 0 Å². The SMILES string of the molecule is O=C(C=Cc1ccc2c(c1)OCO2)NCc1cccc(OCC(F)(F)F)c1. The summed E-state index contributed by atoms with van der Waals surface area (Å²) in [4.78, 5) is 11.9. The monoisotopic (exact) mass is 379 g/mol. The molecule has 3 rings (SSSR count). The van der Waals surface area contributed by atoms with Crippen LogP contribution in [0, 0.1) is 0 Å². The highest BCUT2D eigenvalue weighted by atomic mass is 19.4. The average Bonchev–Trinajstić information content (AvgIpc) is 3.10. The van der Waals surface area contributed by atoms with Gasteiger partial charge in [-0.25, -0.2) is 0 Å². The average molecular weight is 379 g/mol. The zero-order chi connectivity index (χ0) is 19.3. The Morgan fingerprint density at radius 2 is 1.96 bits per heavy atom. The molecule has 8 heteroatoms. The molecule has 1 aliphatic heterocycles. The van der Waals surface area contributed by atoms with E-state index in [0.29, 0.717) is 17.1 Å². The minimum absolute atomic E-state index is 0.0926. The number of carbonyl (C=O) groups excluding carboxylic acids is 1. The van der Waals surface area contributed by atoms with Crippen molar-refractivity contribution in [3.63, 3.8) is 0 Å². The highest BCUT2D eigenvalue weighted by Gasteiger charge is 2.28. The van der Waals surface area contributed by atoms with E-state index in [1.54, 1.807) is 36.4 Å². The lowest BCUT2D eigenvalue weighted by Crippen LogP contribution is -2.21. The summed E-state index contributed by atoms with van der Waals surface area (Å²) in [5, 5.41) is 2.66. The second kappa shape index (κ2) is 8.03. The number of hydrogen-bond donors (Lipinski definition) is 1. The molecule has 0 spiro atoms. The number of nitrogens with one attached hydrogen (secondary N) is 1. The van der Waals surface area contributed by atoms with Crippen molar-refractivity contribution >= 4 is 12.0 Å². The molecule has 0 aromatic heterocycles. The molecule has 2 aromatic carbocycles. The number of benzene rings is 2. The second-order valence-electron chi connectivity index (χ2n) is 5.72. The molecule has 1 amide bonds. The first kappa shape index (κ1) is 18.6. The van der Waals surface area contributed by atoms with Gasteiger partial charge in [0.2, 0.25) is 12.7 Å². The van der Waals surface area contributed by atoms with Crippen LogP contribution in [-0.4, -0.2) is 25.5 Å². The van der Waals surface area contributed by atoms with Gasteiger partial charge in [0, 0.05) is 12.6 Å². The predicted molar refractivity (Wildman–Crippen MR) is 91.4 cm³/mol. The Morgan fingerprint density at radius 1 is 1.15 bits per heavy atom. The number of halogens is 3.